The zero-order chi connectivity index (χ0) is 22.6. The van der Waals surface area contributed by atoms with Crippen molar-refractivity contribution in [2.45, 2.75) is 18.4 Å². The van der Waals surface area contributed by atoms with Gasteiger partial charge in [0.1, 0.15) is 23.6 Å². The average Bonchev–Trinajstić information content (AvgIpc) is 3.28. The number of Topliss-reactive ketones (excluding diaryl/α,β-unsaturated/α-hetero) is 1. The molecular formula is C23H19BrN2O6. The number of benzene rings is 2. The molecular weight excluding hydrogens is 480 g/mol. The molecule has 3 aliphatic heterocycles. The lowest BCUT2D eigenvalue weighted by Gasteiger charge is -2.34. The minimum absolute atomic E-state index is 0.0645. The number of ether oxygens (including phenoxy) is 2. The van der Waals surface area contributed by atoms with Crippen molar-refractivity contribution >= 4 is 39.4 Å². The Labute approximate surface area is 192 Å². The van der Waals surface area contributed by atoms with Crippen LogP contribution in [0.25, 0.3) is 0 Å². The fraction of sp³-hybridized carbons (Fsp3) is 0.304. The Morgan fingerprint density at radius 1 is 1.09 bits per heavy atom. The summed E-state index contributed by atoms with van der Waals surface area (Å²) in [5, 5.41) is 0. The van der Waals surface area contributed by atoms with Crippen molar-refractivity contribution in [3.8, 4) is 11.5 Å². The quantitative estimate of drug-likeness (QED) is 0.604. The molecule has 3 amide bonds. The molecule has 3 aliphatic rings. The van der Waals surface area contributed by atoms with Gasteiger partial charge in [-0.25, -0.2) is 0 Å². The van der Waals surface area contributed by atoms with E-state index in [0.717, 1.165) is 4.90 Å². The molecule has 3 heterocycles. The molecule has 9 heteroatoms. The normalized spacial score (nSPS) is 21.6. The molecule has 0 aromatic heterocycles. The van der Waals surface area contributed by atoms with Gasteiger partial charge in [0, 0.05) is 17.4 Å². The number of amides is 3. The summed E-state index contributed by atoms with van der Waals surface area (Å²) in [4.78, 5) is 53.6. The monoisotopic (exact) mass is 498 g/mol. The highest BCUT2D eigenvalue weighted by atomic mass is 79.9. The van der Waals surface area contributed by atoms with Crippen LogP contribution in [0.15, 0.2) is 40.9 Å². The van der Waals surface area contributed by atoms with Gasteiger partial charge in [0.2, 0.25) is 5.91 Å². The lowest BCUT2D eigenvalue weighted by Crippen LogP contribution is -2.47. The molecule has 32 heavy (non-hydrogen) atoms. The largest absolute Gasteiger partial charge is 0.497 e. The van der Waals surface area contributed by atoms with Crippen molar-refractivity contribution in [1.29, 1.82) is 0 Å². The Bertz CT molecular complexity index is 1200. The molecule has 0 bridgehead atoms. The van der Waals surface area contributed by atoms with Crippen LogP contribution in [0.1, 0.15) is 43.9 Å². The van der Waals surface area contributed by atoms with Crippen molar-refractivity contribution in [2.24, 2.45) is 0 Å². The van der Waals surface area contributed by atoms with Crippen molar-refractivity contribution in [2.75, 3.05) is 26.7 Å². The minimum Gasteiger partial charge on any atom is -0.497 e. The molecule has 2 aromatic carbocycles. The second kappa shape index (κ2) is 7.44. The first kappa shape index (κ1) is 20.7. The van der Waals surface area contributed by atoms with Gasteiger partial charge >= 0.3 is 0 Å². The maximum Gasteiger partial charge on any atom is 0.262 e. The summed E-state index contributed by atoms with van der Waals surface area (Å²) in [7, 11) is 1.53. The number of imide groups is 1. The van der Waals surface area contributed by atoms with Crippen LogP contribution in [0.3, 0.4) is 0 Å². The van der Waals surface area contributed by atoms with Gasteiger partial charge in [0.15, 0.2) is 5.78 Å². The van der Waals surface area contributed by atoms with Crippen LogP contribution in [-0.4, -0.2) is 65.6 Å². The number of methoxy groups -OCH3 is 1. The second-order valence-electron chi connectivity index (χ2n) is 8.20. The summed E-state index contributed by atoms with van der Waals surface area (Å²) >= 11 is 3.30. The summed E-state index contributed by atoms with van der Waals surface area (Å²) in [5.41, 5.74) is 0.235. The first-order chi connectivity index (χ1) is 15.3. The SMILES string of the molecule is COc1ccc2c(c1)C(=O)CC1(CCN(C(=O)CN3C(=O)c4ccc(Br)cc4C3=O)C1)O2. The molecule has 164 valence electrons. The topological polar surface area (TPSA) is 93.2 Å². The highest BCUT2D eigenvalue weighted by molar-refractivity contribution is 9.10. The number of hydrogen-bond donors (Lipinski definition) is 0. The number of halogens is 1. The van der Waals surface area contributed by atoms with Gasteiger partial charge in [-0.05, 0) is 36.4 Å². The number of ketones is 1. The maximum atomic E-state index is 13.0. The molecule has 0 N–H and O–H groups in total. The summed E-state index contributed by atoms with van der Waals surface area (Å²) in [6.07, 6.45) is 0.642. The smallest absolute Gasteiger partial charge is 0.262 e. The fourth-order valence-electron chi connectivity index (χ4n) is 4.53. The number of likely N-dealkylation sites (tertiary alicyclic amines) is 1. The summed E-state index contributed by atoms with van der Waals surface area (Å²) < 4.78 is 12.0. The van der Waals surface area contributed by atoms with Gasteiger partial charge in [-0.3, -0.25) is 24.1 Å². The molecule has 1 fully saturated rings. The average molecular weight is 499 g/mol. The minimum atomic E-state index is -0.804. The Hall–Kier alpha value is -3.20. The standard InChI is InChI=1S/C23H19BrN2O6/c1-31-14-3-5-19-17(9-14)18(27)10-23(32-19)6-7-25(12-23)20(28)11-26-21(29)15-4-2-13(24)8-16(15)22(26)30/h2-5,8-9H,6-7,10-12H2,1H3. The van der Waals surface area contributed by atoms with Gasteiger partial charge in [-0.2, -0.15) is 0 Å². The zero-order valence-electron chi connectivity index (χ0n) is 17.2. The molecule has 2 aromatic rings. The molecule has 1 atom stereocenters. The first-order valence-corrected chi connectivity index (χ1v) is 10.9. The van der Waals surface area contributed by atoms with Crippen LogP contribution in [0.5, 0.6) is 11.5 Å². The number of carbonyl (C=O) groups excluding carboxylic acids is 4. The Kier molecular flexibility index (Phi) is 4.81. The van der Waals surface area contributed by atoms with Gasteiger partial charge in [-0.15, -0.1) is 0 Å². The highest BCUT2D eigenvalue weighted by Crippen LogP contribution is 2.40. The van der Waals surface area contributed by atoms with E-state index in [2.05, 4.69) is 15.9 Å². The van der Waals surface area contributed by atoms with Crippen molar-refractivity contribution in [1.82, 2.24) is 9.80 Å². The molecule has 0 aliphatic carbocycles. The number of rotatable bonds is 3. The Morgan fingerprint density at radius 3 is 2.66 bits per heavy atom. The van der Waals surface area contributed by atoms with E-state index in [-0.39, 0.29) is 42.3 Å². The van der Waals surface area contributed by atoms with Gasteiger partial charge in [0.05, 0.1) is 36.8 Å². The van der Waals surface area contributed by atoms with E-state index in [4.69, 9.17) is 9.47 Å². The number of fused-ring (bicyclic) bond motifs is 2. The molecule has 1 saturated heterocycles. The Balaban J connectivity index is 1.30. The lowest BCUT2D eigenvalue weighted by atomic mass is 9.89. The van der Waals surface area contributed by atoms with Crippen LogP contribution in [-0.2, 0) is 4.79 Å². The van der Waals surface area contributed by atoms with Crippen LogP contribution in [0.2, 0.25) is 0 Å². The van der Waals surface area contributed by atoms with Crippen LogP contribution in [0, 0.1) is 0 Å². The summed E-state index contributed by atoms with van der Waals surface area (Å²) in [6, 6.07) is 9.92. The van der Waals surface area contributed by atoms with Gasteiger partial charge in [0.25, 0.3) is 11.8 Å². The third kappa shape index (κ3) is 3.28. The van der Waals surface area contributed by atoms with E-state index in [1.54, 1.807) is 41.3 Å². The van der Waals surface area contributed by atoms with E-state index >= 15 is 0 Å². The van der Waals surface area contributed by atoms with Crippen LogP contribution >= 0.6 is 15.9 Å². The molecule has 1 spiro atoms. The maximum absolute atomic E-state index is 13.0. The number of carbonyl (C=O) groups is 4. The fourth-order valence-corrected chi connectivity index (χ4v) is 4.89. The summed E-state index contributed by atoms with van der Waals surface area (Å²) in [6.45, 7) is 0.256. The van der Waals surface area contributed by atoms with Gasteiger partial charge < -0.3 is 14.4 Å². The van der Waals surface area contributed by atoms with E-state index < -0.39 is 17.4 Å². The molecule has 0 saturated carbocycles. The highest BCUT2D eigenvalue weighted by Gasteiger charge is 2.48. The van der Waals surface area contributed by atoms with E-state index in [0.29, 0.717) is 34.5 Å². The Morgan fingerprint density at radius 2 is 1.88 bits per heavy atom. The third-order valence-corrected chi connectivity index (χ3v) is 6.68. The first-order valence-electron chi connectivity index (χ1n) is 10.1. The zero-order valence-corrected chi connectivity index (χ0v) is 18.8. The lowest BCUT2D eigenvalue weighted by molar-refractivity contribution is -0.131. The summed E-state index contributed by atoms with van der Waals surface area (Å²) in [5.74, 6) is -0.334. The van der Waals surface area contributed by atoms with Crippen molar-refractivity contribution < 1.29 is 28.7 Å². The second-order valence-corrected chi connectivity index (χ2v) is 9.11. The van der Waals surface area contributed by atoms with Gasteiger partial charge in [-0.1, -0.05) is 15.9 Å². The van der Waals surface area contributed by atoms with Crippen molar-refractivity contribution in [3.63, 3.8) is 0 Å². The van der Waals surface area contributed by atoms with E-state index in [1.165, 1.54) is 7.11 Å². The van der Waals surface area contributed by atoms with E-state index in [1.807, 2.05) is 0 Å². The van der Waals surface area contributed by atoms with E-state index in [9.17, 15) is 19.2 Å². The molecule has 8 nitrogen and oxygen atoms in total. The molecule has 1 unspecified atom stereocenters. The molecule has 0 radical (unpaired) electrons. The van der Waals surface area contributed by atoms with Crippen LogP contribution in [0.4, 0.5) is 0 Å². The molecule has 5 rings (SSSR count). The predicted molar refractivity (Wildman–Crippen MR) is 116 cm³/mol. The van der Waals surface area contributed by atoms with Crippen LogP contribution < -0.4 is 9.47 Å². The number of hydrogen-bond acceptors (Lipinski definition) is 6. The predicted octanol–water partition coefficient (Wildman–Crippen LogP) is 2.69. The number of nitrogens with zero attached hydrogens (tertiary/aromatic N) is 2. The third-order valence-electron chi connectivity index (χ3n) is 6.19. The van der Waals surface area contributed by atoms with Crippen molar-refractivity contribution in [3.05, 3.63) is 57.6 Å².